The summed E-state index contributed by atoms with van der Waals surface area (Å²) in [5.74, 6) is -0.523. The van der Waals surface area contributed by atoms with Crippen LogP contribution >= 0.6 is 0 Å². The number of hydrogen-bond acceptors (Lipinski definition) is 3. The number of amides is 1. The van der Waals surface area contributed by atoms with Gasteiger partial charge in [0.15, 0.2) is 5.76 Å². The van der Waals surface area contributed by atoms with Crippen molar-refractivity contribution in [3.63, 3.8) is 0 Å². The molecule has 1 heterocycles. The van der Waals surface area contributed by atoms with E-state index in [2.05, 4.69) is 10.3 Å². The molecule has 22 heavy (non-hydrogen) atoms. The molecule has 0 bridgehead atoms. The average molecular weight is 299 g/mol. The Hall–Kier alpha value is -2.82. The Morgan fingerprint density at radius 3 is 2.50 bits per heavy atom. The number of anilines is 1. The zero-order valence-corrected chi connectivity index (χ0v) is 12.1. The lowest BCUT2D eigenvalue weighted by Gasteiger charge is -2.09. The summed E-state index contributed by atoms with van der Waals surface area (Å²) in [5, 5.41) is 12.8. The second kappa shape index (κ2) is 5.18. The van der Waals surface area contributed by atoms with Crippen LogP contribution in [0.3, 0.4) is 0 Å². The fourth-order valence-electron chi connectivity index (χ4n) is 2.56. The van der Waals surface area contributed by atoms with Crippen molar-refractivity contribution in [3.8, 4) is 16.9 Å². The summed E-state index contributed by atoms with van der Waals surface area (Å²) in [6, 6.07) is 10.7. The third kappa shape index (κ3) is 2.20. The van der Waals surface area contributed by atoms with Crippen molar-refractivity contribution >= 4 is 17.2 Å². The number of fused-ring (bicyclic) bond motifs is 1. The highest BCUT2D eigenvalue weighted by Crippen LogP contribution is 2.41. The molecule has 0 aromatic heterocycles. The van der Waals surface area contributed by atoms with Crippen LogP contribution in [0.1, 0.15) is 18.1 Å². The Balaban J connectivity index is 2.19. The number of carbonyl (C=O) groups excluding carboxylic acids is 1. The van der Waals surface area contributed by atoms with E-state index >= 15 is 0 Å². The predicted octanol–water partition coefficient (Wildman–Crippen LogP) is 3.95. The van der Waals surface area contributed by atoms with Crippen molar-refractivity contribution in [2.24, 2.45) is 0 Å². The maximum Gasteiger partial charge on any atom is 0.259 e. The van der Waals surface area contributed by atoms with E-state index in [0.29, 0.717) is 16.8 Å². The van der Waals surface area contributed by atoms with Crippen LogP contribution in [0.15, 0.2) is 42.2 Å². The van der Waals surface area contributed by atoms with Crippen molar-refractivity contribution in [1.29, 1.82) is 0 Å². The summed E-state index contributed by atoms with van der Waals surface area (Å²) >= 11 is 0. The van der Waals surface area contributed by atoms with Gasteiger partial charge in [-0.1, -0.05) is 29.8 Å². The first kappa shape index (κ1) is 14.1. The van der Waals surface area contributed by atoms with E-state index in [9.17, 15) is 14.4 Å². The fraction of sp³-hybridized carbons (Fsp3) is 0.118. The molecule has 4 nitrogen and oxygen atoms in total. The minimum atomic E-state index is -0.453. The number of nitrogens with one attached hydrogen (secondary N) is 1. The van der Waals surface area contributed by atoms with Crippen LogP contribution in [-0.2, 0) is 9.74 Å². The fourth-order valence-corrected chi connectivity index (χ4v) is 2.56. The molecule has 2 aromatic carbocycles. The normalized spacial score (nSPS) is 15.3. The summed E-state index contributed by atoms with van der Waals surface area (Å²) in [5.41, 5.74) is 3.55. The summed E-state index contributed by atoms with van der Waals surface area (Å²) in [6.45, 7) is 3.35. The molecule has 3 rings (SSSR count). The van der Waals surface area contributed by atoms with Gasteiger partial charge >= 0.3 is 0 Å². The van der Waals surface area contributed by atoms with Gasteiger partial charge < -0.3 is 10.4 Å². The van der Waals surface area contributed by atoms with Gasteiger partial charge in [0.2, 0.25) is 0 Å². The van der Waals surface area contributed by atoms with Crippen LogP contribution in [0.2, 0.25) is 0 Å². The summed E-state index contributed by atoms with van der Waals surface area (Å²) in [7, 11) is 0. The number of phenolic OH excluding ortho intramolecular Hbond substituents is 1. The number of phenols is 1. The van der Waals surface area contributed by atoms with Crippen LogP contribution in [0.4, 0.5) is 10.2 Å². The molecule has 0 fully saturated rings. The molecule has 0 spiro atoms. The predicted molar refractivity (Wildman–Crippen MR) is 81.7 cm³/mol. The molecule has 0 unspecified atom stereocenters. The van der Waals surface area contributed by atoms with Crippen molar-refractivity contribution in [3.05, 3.63) is 53.3 Å². The smallest absolute Gasteiger partial charge is 0.259 e. The van der Waals surface area contributed by atoms with Crippen LogP contribution in [0.25, 0.3) is 16.7 Å². The van der Waals surface area contributed by atoms with Crippen molar-refractivity contribution in [2.75, 3.05) is 5.32 Å². The van der Waals surface area contributed by atoms with Gasteiger partial charge in [-0.2, -0.15) is 0 Å². The minimum absolute atomic E-state index is 0.0444. The number of carbonyl (C=O) groups is 1. The quantitative estimate of drug-likeness (QED) is 0.652. The number of halogens is 1. The molecule has 2 N–H and O–H groups in total. The van der Waals surface area contributed by atoms with Gasteiger partial charge in [0.05, 0.1) is 11.3 Å². The maximum absolute atomic E-state index is 12.5. The minimum Gasteiger partial charge on any atom is -0.507 e. The van der Waals surface area contributed by atoms with Crippen LogP contribution < -0.4 is 5.32 Å². The number of rotatable bonds is 2. The molecule has 1 amide bonds. The second-order valence-corrected chi connectivity index (χ2v) is 5.24. The van der Waals surface area contributed by atoms with E-state index in [1.807, 2.05) is 31.2 Å². The number of allylic oxidation sites excluding steroid dienone is 1. The Labute approximate surface area is 126 Å². The van der Waals surface area contributed by atoms with E-state index in [1.54, 1.807) is 6.07 Å². The summed E-state index contributed by atoms with van der Waals surface area (Å²) < 4.78 is 12.5. The first-order valence-corrected chi connectivity index (χ1v) is 6.76. The molecule has 0 aliphatic carbocycles. The van der Waals surface area contributed by atoms with Crippen molar-refractivity contribution in [2.45, 2.75) is 13.8 Å². The molecular weight excluding hydrogens is 285 g/mol. The Kier molecular flexibility index (Phi) is 3.33. The first-order valence-electron chi connectivity index (χ1n) is 6.76. The molecule has 112 valence electrons. The molecule has 1 aliphatic heterocycles. The molecule has 0 saturated carbocycles. The lowest BCUT2D eigenvalue weighted by Crippen LogP contribution is -2.05. The van der Waals surface area contributed by atoms with Gasteiger partial charge in [0.25, 0.3) is 5.91 Å². The van der Waals surface area contributed by atoms with Crippen LogP contribution in [0.5, 0.6) is 5.75 Å². The maximum atomic E-state index is 12.5. The summed E-state index contributed by atoms with van der Waals surface area (Å²) in [6.07, 6.45) is 0. The highest BCUT2D eigenvalue weighted by Gasteiger charge is 2.29. The van der Waals surface area contributed by atoms with Gasteiger partial charge in [-0.3, -0.25) is 9.74 Å². The lowest BCUT2D eigenvalue weighted by molar-refractivity contribution is -0.112. The Bertz CT molecular complexity index is 794. The molecule has 2 aromatic rings. The third-order valence-electron chi connectivity index (χ3n) is 3.71. The van der Waals surface area contributed by atoms with Gasteiger partial charge in [-0.15, -0.1) is 0 Å². The van der Waals surface area contributed by atoms with Gasteiger partial charge in [0, 0.05) is 21.7 Å². The van der Waals surface area contributed by atoms with Gasteiger partial charge in [-0.25, -0.2) is 0 Å². The average Bonchev–Trinajstić information content (AvgIpc) is 2.81. The Morgan fingerprint density at radius 2 is 1.86 bits per heavy atom. The molecule has 1 aliphatic rings. The first-order chi connectivity index (χ1) is 10.5. The zero-order chi connectivity index (χ0) is 15.9. The van der Waals surface area contributed by atoms with Crippen molar-refractivity contribution < 1.29 is 19.4 Å². The second-order valence-electron chi connectivity index (χ2n) is 5.24. The molecule has 5 heteroatoms. The van der Waals surface area contributed by atoms with E-state index in [0.717, 1.165) is 11.1 Å². The third-order valence-corrected chi connectivity index (χ3v) is 3.71. The van der Waals surface area contributed by atoms with E-state index in [1.165, 1.54) is 13.0 Å². The number of aryl methyl sites for hydroxylation is 1. The van der Waals surface area contributed by atoms with E-state index in [4.69, 9.17) is 0 Å². The SMILES string of the molecule is C/C(OF)=C1\C(=O)Nc2cc(O)c(-c3ccc(C)cc3)cc21. The van der Waals surface area contributed by atoms with Gasteiger partial charge in [0.1, 0.15) is 5.75 Å². The standard InChI is InChI=1S/C17H14FNO3/c1-9-3-5-11(6-4-9)12-7-13-14(8-15(12)20)19-17(21)16(13)10(2)22-18/h3-8,20H,1-2H3,(H,19,21)/b16-10+. The highest BCUT2D eigenvalue weighted by molar-refractivity contribution is 6.32. The highest BCUT2D eigenvalue weighted by atomic mass is 19.3. The number of aromatic hydroxyl groups is 1. The lowest BCUT2D eigenvalue weighted by atomic mass is 9.97. The molecule has 0 atom stereocenters. The molecule has 0 saturated heterocycles. The van der Waals surface area contributed by atoms with E-state index < -0.39 is 5.91 Å². The van der Waals surface area contributed by atoms with Crippen LogP contribution in [-0.4, -0.2) is 11.0 Å². The van der Waals surface area contributed by atoms with E-state index in [-0.39, 0.29) is 17.1 Å². The molecular formula is C17H14FNO3. The van der Waals surface area contributed by atoms with Gasteiger partial charge in [-0.05, 0) is 25.5 Å². The summed E-state index contributed by atoms with van der Waals surface area (Å²) in [4.78, 5) is 15.6. The Morgan fingerprint density at radius 1 is 1.18 bits per heavy atom. The largest absolute Gasteiger partial charge is 0.507 e. The molecule has 0 radical (unpaired) electrons. The van der Waals surface area contributed by atoms with Crippen LogP contribution in [0, 0.1) is 6.92 Å². The number of hydrogen-bond donors (Lipinski definition) is 2. The number of benzene rings is 2. The monoisotopic (exact) mass is 299 g/mol. The topological polar surface area (TPSA) is 58.6 Å². The van der Waals surface area contributed by atoms with Crippen molar-refractivity contribution in [1.82, 2.24) is 0 Å². The zero-order valence-electron chi connectivity index (χ0n) is 12.1.